The third-order valence-electron chi connectivity index (χ3n) is 9.62. The molecule has 0 N–H and O–H groups in total. The van der Waals surface area contributed by atoms with Gasteiger partial charge in [-0.3, -0.25) is 14.0 Å². The quantitative estimate of drug-likeness (QED) is 0.0608. The van der Waals surface area contributed by atoms with Gasteiger partial charge in [-0.25, -0.2) is 18.3 Å². The fourth-order valence-electron chi connectivity index (χ4n) is 7.13. The molecule has 286 valence electrons. The number of hydroxylamine groups is 2. The van der Waals surface area contributed by atoms with Gasteiger partial charge in [0.15, 0.2) is 5.60 Å². The molecule has 1 aliphatic rings. The van der Waals surface area contributed by atoms with E-state index in [1.165, 1.54) is 9.37 Å². The predicted molar refractivity (Wildman–Crippen MR) is 217 cm³/mol. The summed E-state index contributed by atoms with van der Waals surface area (Å²) in [5.74, 6) is 0.801. The van der Waals surface area contributed by atoms with E-state index in [1.807, 2.05) is 141 Å². The first kappa shape index (κ1) is 39.4. The van der Waals surface area contributed by atoms with Gasteiger partial charge in [-0.05, 0) is 73.9 Å². The Balaban J connectivity index is 1.42. The van der Waals surface area contributed by atoms with Gasteiger partial charge in [0.25, 0.3) is 5.91 Å². The maximum atomic E-state index is 15.3. The average Bonchev–Trinajstić information content (AvgIpc) is 3.18. The minimum Gasteiger partial charge on any atom is -0.457 e. The number of hydrogen-bond donors (Lipinski definition) is 0. The smallest absolute Gasteiger partial charge is 0.265 e. The molecule has 5 aromatic carbocycles. The fraction of sp³-hybridized carbons (Fsp3) is 0.267. The zero-order valence-corrected chi connectivity index (χ0v) is 32.6. The number of nitrogens with zero attached hydrogens (tertiary/aromatic N) is 3. The summed E-state index contributed by atoms with van der Waals surface area (Å²) in [7, 11) is -3.89. The number of ether oxygens (including phenoxy) is 2. The van der Waals surface area contributed by atoms with Gasteiger partial charge < -0.3 is 9.47 Å². The molecular weight excluding hydrogens is 711 g/mol. The molecule has 0 saturated carbocycles. The number of anilines is 1. The SMILES string of the molecule is C=CCN(OC(c1ccccc1)(c1ccccc1)c1ccccc1)C(=O)[C@H](CN(c1ccc(Oc2ccc(C)cc2)cc1)S(C)(=O)=O)N1C[C@@H](C)O[C@@H](C)C1. The van der Waals surface area contributed by atoms with Crippen molar-refractivity contribution in [1.82, 2.24) is 9.96 Å². The van der Waals surface area contributed by atoms with Crippen molar-refractivity contribution in [2.45, 2.75) is 44.6 Å². The van der Waals surface area contributed by atoms with Crippen LogP contribution in [0.2, 0.25) is 0 Å². The number of aryl methyl sites for hydroxylation is 1. The molecule has 1 fully saturated rings. The number of carbonyl (C=O) groups excluding carboxylic acids is 1. The van der Waals surface area contributed by atoms with Crippen molar-refractivity contribution in [2.24, 2.45) is 0 Å². The monoisotopic (exact) mass is 759 g/mol. The van der Waals surface area contributed by atoms with Crippen LogP contribution in [0.25, 0.3) is 0 Å². The van der Waals surface area contributed by atoms with Crippen molar-refractivity contribution in [1.29, 1.82) is 0 Å². The Morgan fingerprint density at radius 3 is 1.69 bits per heavy atom. The summed E-state index contributed by atoms with van der Waals surface area (Å²) >= 11 is 0. The minimum absolute atomic E-state index is 0.0307. The van der Waals surface area contributed by atoms with Crippen LogP contribution in [0, 0.1) is 6.92 Å². The normalized spacial score (nSPS) is 16.9. The number of sulfonamides is 1. The van der Waals surface area contributed by atoms with Crippen molar-refractivity contribution in [2.75, 3.05) is 36.7 Å². The molecule has 0 spiro atoms. The number of rotatable bonds is 15. The van der Waals surface area contributed by atoms with E-state index in [-0.39, 0.29) is 25.3 Å². The number of morpholine rings is 1. The van der Waals surface area contributed by atoms with Gasteiger partial charge in [-0.2, -0.15) is 0 Å². The first-order chi connectivity index (χ1) is 26.5. The van der Waals surface area contributed by atoms with Gasteiger partial charge in [0, 0.05) is 13.1 Å². The highest BCUT2D eigenvalue weighted by Gasteiger charge is 2.44. The lowest BCUT2D eigenvalue weighted by Crippen LogP contribution is -2.60. The van der Waals surface area contributed by atoms with Crippen molar-refractivity contribution in [3.8, 4) is 11.5 Å². The summed E-state index contributed by atoms with van der Waals surface area (Å²) in [6.45, 7) is 10.6. The zero-order valence-electron chi connectivity index (χ0n) is 31.8. The van der Waals surface area contributed by atoms with Crippen molar-refractivity contribution < 1.29 is 27.5 Å². The molecule has 6 rings (SSSR count). The Kier molecular flexibility index (Phi) is 12.5. The molecule has 0 bridgehead atoms. The largest absolute Gasteiger partial charge is 0.457 e. The van der Waals surface area contributed by atoms with E-state index in [0.717, 1.165) is 28.5 Å². The van der Waals surface area contributed by atoms with Gasteiger partial charge in [0.1, 0.15) is 17.5 Å². The van der Waals surface area contributed by atoms with E-state index in [2.05, 4.69) is 6.58 Å². The second kappa shape index (κ2) is 17.5. The van der Waals surface area contributed by atoms with Crippen LogP contribution in [0.1, 0.15) is 36.1 Å². The maximum Gasteiger partial charge on any atom is 0.265 e. The molecule has 1 aliphatic heterocycles. The van der Waals surface area contributed by atoms with E-state index < -0.39 is 27.6 Å². The fourth-order valence-corrected chi connectivity index (χ4v) is 8.05. The lowest BCUT2D eigenvalue weighted by atomic mass is 9.80. The summed E-state index contributed by atoms with van der Waals surface area (Å²) in [4.78, 5) is 24.5. The first-order valence-corrected chi connectivity index (χ1v) is 20.3. The van der Waals surface area contributed by atoms with E-state index in [9.17, 15) is 8.42 Å². The zero-order chi connectivity index (χ0) is 39.0. The molecule has 1 heterocycles. The summed E-state index contributed by atoms with van der Waals surface area (Å²) < 4.78 is 40.7. The lowest BCUT2D eigenvalue weighted by Gasteiger charge is -2.44. The Hall–Kier alpha value is -5.26. The van der Waals surface area contributed by atoms with E-state index >= 15 is 4.79 Å². The highest BCUT2D eigenvalue weighted by Crippen LogP contribution is 2.41. The molecule has 9 nitrogen and oxygen atoms in total. The second-order valence-electron chi connectivity index (χ2n) is 14.0. The number of carbonyl (C=O) groups is 1. The molecular formula is C45H49N3O6S. The molecule has 1 saturated heterocycles. The number of amides is 1. The third kappa shape index (κ3) is 9.35. The average molecular weight is 760 g/mol. The minimum atomic E-state index is -3.89. The Bertz CT molecular complexity index is 2010. The lowest BCUT2D eigenvalue weighted by molar-refractivity contribution is -0.224. The second-order valence-corrected chi connectivity index (χ2v) is 15.9. The number of hydrogen-bond acceptors (Lipinski definition) is 7. The molecule has 0 radical (unpaired) electrons. The van der Waals surface area contributed by atoms with Crippen molar-refractivity contribution in [3.63, 3.8) is 0 Å². The molecule has 0 aromatic heterocycles. The van der Waals surface area contributed by atoms with Crippen molar-refractivity contribution in [3.05, 3.63) is 174 Å². The van der Waals surface area contributed by atoms with E-state index in [1.54, 1.807) is 30.3 Å². The highest BCUT2D eigenvalue weighted by molar-refractivity contribution is 7.92. The van der Waals surface area contributed by atoms with Crippen molar-refractivity contribution >= 4 is 21.6 Å². The van der Waals surface area contributed by atoms with E-state index in [4.69, 9.17) is 14.3 Å². The molecule has 0 aliphatic carbocycles. The van der Waals surface area contributed by atoms with E-state index in [0.29, 0.717) is 30.3 Å². The predicted octanol–water partition coefficient (Wildman–Crippen LogP) is 7.97. The molecule has 10 heteroatoms. The molecule has 55 heavy (non-hydrogen) atoms. The van der Waals surface area contributed by atoms with Crippen LogP contribution >= 0.6 is 0 Å². The van der Waals surface area contributed by atoms with Crippen LogP contribution in [-0.4, -0.2) is 75.0 Å². The van der Waals surface area contributed by atoms with Crippen LogP contribution < -0.4 is 9.04 Å². The van der Waals surface area contributed by atoms with Gasteiger partial charge >= 0.3 is 0 Å². The van der Waals surface area contributed by atoms with Crippen LogP contribution in [0.5, 0.6) is 11.5 Å². The summed E-state index contributed by atoms with van der Waals surface area (Å²) in [6, 6.07) is 42.9. The van der Waals surface area contributed by atoms with Gasteiger partial charge in [0.2, 0.25) is 10.0 Å². The van der Waals surface area contributed by atoms with Crippen LogP contribution in [0.4, 0.5) is 5.69 Å². The van der Waals surface area contributed by atoms with Crippen LogP contribution in [0.3, 0.4) is 0 Å². The van der Waals surface area contributed by atoms with Gasteiger partial charge in [-0.15, -0.1) is 6.58 Å². The maximum absolute atomic E-state index is 15.3. The Morgan fingerprint density at radius 1 is 0.800 bits per heavy atom. The number of benzene rings is 5. The molecule has 5 aromatic rings. The molecule has 1 amide bonds. The van der Waals surface area contributed by atoms with Gasteiger partial charge in [-0.1, -0.05) is 115 Å². The summed E-state index contributed by atoms with van der Waals surface area (Å²) in [6.07, 6.45) is 2.37. The Labute approximate surface area is 325 Å². The standard InChI is InChI=1S/C45H49N3O6S/c1-6-30-47(54-45(37-16-10-7-11-17-37,38-18-12-8-13-19-38)39-20-14-9-15-21-39)44(49)43(46-31-35(3)52-36(4)32-46)33-48(55(5,50)51)40-24-28-42(29-25-40)53-41-26-22-34(2)23-27-41/h6-29,35-36,43H,1,30-33H2,2-5H3/t35-,36+,43-/m0/s1. The molecule has 3 atom stereocenters. The van der Waals surface area contributed by atoms with Gasteiger partial charge in [0.05, 0.1) is 37.2 Å². The first-order valence-electron chi connectivity index (χ1n) is 18.5. The van der Waals surface area contributed by atoms with Crippen LogP contribution in [-0.2, 0) is 30.0 Å². The third-order valence-corrected chi connectivity index (χ3v) is 10.8. The summed E-state index contributed by atoms with van der Waals surface area (Å²) in [5.41, 5.74) is 2.68. The van der Waals surface area contributed by atoms with Crippen LogP contribution in [0.15, 0.2) is 152 Å². The Morgan fingerprint density at radius 2 is 1.25 bits per heavy atom. The topological polar surface area (TPSA) is 88.6 Å². The summed E-state index contributed by atoms with van der Waals surface area (Å²) in [5, 5.41) is 1.34. The molecule has 0 unspecified atom stereocenters. The highest BCUT2D eigenvalue weighted by atomic mass is 32.2.